The van der Waals surface area contributed by atoms with Gasteiger partial charge in [-0.25, -0.2) is 8.98 Å². The molecule has 17 heteroatoms. The molecule has 2 heterocycles. The van der Waals surface area contributed by atoms with Crippen LogP contribution >= 0.6 is 0 Å². The summed E-state index contributed by atoms with van der Waals surface area (Å²) in [5.74, 6) is -2.44. The van der Waals surface area contributed by atoms with E-state index < -0.39 is 90.2 Å². The fourth-order valence-electron chi connectivity index (χ4n) is 3.09. The molecule has 2 fully saturated rings. The Morgan fingerprint density at radius 3 is 2.13 bits per heavy atom. The van der Waals surface area contributed by atoms with Crippen LogP contribution in [0.25, 0.3) is 0 Å². The average Bonchev–Trinajstić information content (AvgIpc) is 2.64. The van der Waals surface area contributed by atoms with E-state index in [1.807, 2.05) is 0 Å². The molecule has 10 atom stereocenters. The van der Waals surface area contributed by atoms with E-state index >= 15 is 0 Å². The Balaban J connectivity index is 2.27. The quantitative estimate of drug-likeness (QED) is 0.159. The van der Waals surface area contributed by atoms with Crippen molar-refractivity contribution in [2.45, 2.75) is 68.3 Å². The highest BCUT2D eigenvalue weighted by molar-refractivity contribution is 7.80. The van der Waals surface area contributed by atoms with Gasteiger partial charge in [0.25, 0.3) is 0 Å². The minimum absolute atomic E-state index is 0.731. The maximum atomic E-state index is 11.5. The van der Waals surface area contributed by atoms with Gasteiger partial charge in [-0.2, -0.15) is 8.42 Å². The minimum Gasteiger partial charge on any atom is -0.479 e. The zero-order valence-corrected chi connectivity index (χ0v) is 16.6. The number of nitrogens with one attached hydrogen (secondary N) is 1. The predicted molar refractivity (Wildman–Crippen MR) is 91.2 cm³/mol. The van der Waals surface area contributed by atoms with E-state index in [0.29, 0.717) is 0 Å². The summed E-state index contributed by atoms with van der Waals surface area (Å²) in [5, 5.41) is 61.6. The van der Waals surface area contributed by atoms with Crippen molar-refractivity contribution in [1.82, 2.24) is 5.32 Å². The standard InChI is InChI=1S/C14H23NO15S/c1-3(16)15-5-10(6(17)4(28-13(5)23)2-27-31(24,25)26)29-14-9(20)7(18)8(19)11(30-14)12(21)22/h4-11,13-14,17-20,23H,2H2,1H3,(H,15,16)(H,21,22)(H,24,25,26)/t4?,5?,6-,7+,8+,9?,10-,11?,13+,14-/m1/s1. The topological polar surface area (TPSA) is 259 Å². The molecule has 0 saturated carbocycles. The van der Waals surface area contributed by atoms with Crippen LogP contribution in [0.5, 0.6) is 0 Å². The van der Waals surface area contributed by atoms with Crippen molar-refractivity contribution >= 4 is 22.3 Å². The molecule has 0 aromatic heterocycles. The summed E-state index contributed by atoms with van der Waals surface area (Å²) >= 11 is 0. The highest BCUT2D eigenvalue weighted by Gasteiger charge is 2.52. The summed E-state index contributed by atoms with van der Waals surface area (Å²) in [6, 6.07) is -1.54. The predicted octanol–water partition coefficient (Wildman–Crippen LogP) is -5.33. The van der Waals surface area contributed by atoms with Crippen LogP contribution in [0, 0.1) is 0 Å². The fraction of sp³-hybridized carbons (Fsp3) is 0.857. The number of ether oxygens (including phenoxy) is 3. The molecule has 0 aromatic rings. The van der Waals surface area contributed by atoms with Crippen molar-refractivity contribution in [3.05, 3.63) is 0 Å². The molecule has 2 rings (SSSR count). The molecular weight excluding hydrogens is 454 g/mol. The van der Waals surface area contributed by atoms with Crippen molar-refractivity contribution in [2.24, 2.45) is 0 Å². The molecule has 0 aromatic carbocycles. The highest BCUT2D eigenvalue weighted by Crippen LogP contribution is 2.29. The molecule has 2 aliphatic rings. The number of aliphatic carboxylic acids is 1. The van der Waals surface area contributed by atoms with Gasteiger partial charge in [-0.05, 0) is 0 Å². The Labute approximate surface area is 174 Å². The lowest BCUT2D eigenvalue weighted by Crippen LogP contribution is -2.68. The van der Waals surface area contributed by atoms with Crippen LogP contribution in [-0.4, -0.2) is 123 Å². The number of aliphatic hydroxyl groups is 5. The van der Waals surface area contributed by atoms with E-state index in [1.54, 1.807) is 0 Å². The summed E-state index contributed by atoms with van der Waals surface area (Å²) in [6.07, 6.45) is -17.3. The van der Waals surface area contributed by atoms with Crippen LogP contribution in [-0.2, 0) is 38.4 Å². The number of hydrogen-bond donors (Lipinski definition) is 8. The Morgan fingerprint density at radius 1 is 1.00 bits per heavy atom. The first-order valence-electron chi connectivity index (χ1n) is 8.71. The van der Waals surface area contributed by atoms with E-state index in [2.05, 4.69) is 9.50 Å². The number of aliphatic hydroxyl groups excluding tert-OH is 5. The van der Waals surface area contributed by atoms with Crippen LogP contribution < -0.4 is 5.32 Å². The number of carbonyl (C=O) groups excluding carboxylic acids is 1. The Hall–Kier alpha value is -1.51. The molecule has 1 amide bonds. The van der Waals surface area contributed by atoms with Gasteiger partial charge in [0.1, 0.15) is 42.7 Å². The maximum Gasteiger partial charge on any atom is 0.397 e. The smallest absolute Gasteiger partial charge is 0.397 e. The van der Waals surface area contributed by atoms with Gasteiger partial charge < -0.3 is 50.2 Å². The molecule has 2 saturated heterocycles. The summed E-state index contributed by atoms with van der Waals surface area (Å²) in [4.78, 5) is 22.7. The lowest BCUT2D eigenvalue weighted by atomic mass is 9.95. The first-order chi connectivity index (χ1) is 14.2. The number of hydrogen-bond acceptors (Lipinski definition) is 13. The lowest BCUT2D eigenvalue weighted by molar-refractivity contribution is -0.336. The number of carboxylic acid groups (broad SMARTS) is 1. The van der Waals surface area contributed by atoms with Gasteiger partial charge in [0.2, 0.25) is 5.91 Å². The normalized spacial score (nSPS) is 41.5. The van der Waals surface area contributed by atoms with Crippen molar-refractivity contribution in [3.8, 4) is 0 Å². The first kappa shape index (κ1) is 25.7. The van der Waals surface area contributed by atoms with Gasteiger partial charge in [0.05, 0.1) is 6.61 Å². The molecule has 2 aliphatic heterocycles. The van der Waals surface area contributed by atoms with E-state index in [0.717, 1.165) is 6.92 Å². The van der Waals surface area contributed by atoms with Crippen LogP contribution in [0.4, 0.5) is 0 Å². The van der Waals surface area contributed by atoms with Crippen LogP contribution in [0.1, 0.15) is 6.92 Å². The van der Waals surface area contributed by atoms with Crippen LogP contribution in [0.3, 0.4) is 0 Å². The highest BCUT2D eigenvalue weighted by atomic mass is 32.3. The van der Waals surface area contributed by atoms with Gasteiger partial charge in [-0.15, -0.1) is 0 Å². The van der Waals surface area contributed by atoms with Crippen molar-refractivity contribution in [2.75, 3.05) is 6.61 Å². The van der Waals surface area contributed by atoms with Gasteiger partial charge in [0, 0.05) is 6.92 Å². The van der Waals surface area contributed by atoms with Crippen molar-refractivity contribution < 1.29 is 71.6 Å². The Morgan fingerprint density at radius 2 is 1.61 bits per heavy atom. The monoisotopic (exact) mass is 477 g/mol. The number of carboxylic acids is 1. The van der Waals surface area contributed by atoms with Gasteiger partial charge >= 0.3 is 16.4 Å². The third-order valence-electron chi connectivity index (χ3n) is 4.55. The molecule has 180 valence electrons. The maximum absolute atomic E-state index is 11.5. The van der Waals surface area contributed by atoms with Gasteiger partial charge in [-0.1, -0.05) is 0 Å². The van der Waals surface area contributed by atoms with Crippen LogP contribution in [0.2, 0.25) is 0 Å². The summed E-state index contributed by atoms with van der Waals surface area (Å²) in [7, 11) is -4.95. The second kappa shape index (κ2) is 9.96. The summed E-state index contributed by atoms with van der Waals surface area (Å²) in [5.41, 5.74) is 0. The second-order valence-electron chi connectivity index (χ2n) is 6.83. The molecule has 4 unspecified atom stereocenters. The summed E-state index contributed by atoms with van der Waals surface area (Å²) in [6.45, 7) is 0.0348. The zero-order chi connectivity index (χ0) is 23.7. The third kappa shape index (κ3) is 6.26. The first-order valence-corrected chi connectivity index (χ1v) is 10.1. The number of amides is 1. The molecular formula is C14H23NO15S. The molecule has 0 bridgehead atoms. The van der Waals surface area contributed by atoms with E-state index in [-0.39, 0.29) is 0 Å². The average molecular weight is 477 g/mol. The van der Waals surface area contributed by atoms with Crippen molar-refractivity contribution in [1.29, 1.82) is 0 Å². The van der Waals surface area contributed by atoms with E-state index in [1.165, 1.54) is 0 Å². The molecule has 8 N–H and O–H groups in total. The molecule has 16 nitrogen and oxygen atoms in total. The fourth-order valence-corrected chi connectivity index (χ4v) is 3.40. The molecule has 0 spiro atoms. The SMILES string of the molecule is CC(=O)NC1[C@@H](O[C@@H]2OC(C(=O)O)[C@@H](O)[C@H](O)C2O)[C@H](O)C(COS(=O)(=O)O)O[C@@H]1O. The number of rotatable bonds is 7. The largest absolute Gasteiger partial charge is 0.479 e. The zero-order valence-electron chi connectivity index (χ0n) is 15.8. The summed E-state index contributed by atoms with van der Waals surface area (Å²) < 4.78 is 49.5. The second-order valence-corrected chi connectivity index (χ2v) is 7.92. The lowest BCUT2D eigenvalue weighted by Gasteiger charge is -2.46. The third-order valence-corrected chi connectivity index (χ3v) is 4.98. The molecule has 0 aliphatic carbocycles. The molecule has 31 heavy (non-hydrogen) atoms. The van der Waals surface area contributed by atoms with Crippen LogP contribution in [0.15, 0.2) is 0 Å². The molecule has 0 radical (unpaired) electrons. The van der Waals surface area contributed by atoms with Gasteiger partial charge in [0.15, 0.2) is 18.7 Å². The van der Waals surface area contributed by atoms with Gasteiger partial charge in [-0.3, -0.25) is 9.35 Å². The van der Waals surface area contributed by atoms with E-state index in [9.17, 15) is 43.5 Å². The Bertz CT molecular complexity index is 761. The number of carbonyl (C=O) groups is 2. The minimum atomic E-state index is -4.95. The Kier molecular flexibility index (Phi) is 8.27. The van der Waals surface area contributed by atoms with E-state index in [4.69, 9.17) is 23.9 Å². The van der Waals surface area contributed by atoms with Crippen molar-refractivity contribution in [3.63, 3.8) is 0 Å².